The number of nitrogens with zero attached hydrogens (tertiary/aromatic N) is 2. The fourth-order valence-electron chi connectivity index (χ4n) is 1.78. The van der Waals surface area contributed by atoms with E-state index in [-0.39, 0.29) is 24.0 Å². The van der Waals surface area contributed by atoms with Gasteiger partial charge in [-0.2, -0.15) is 0 Å². The molecule has 0 heterocycles. The molecule has 0 unspecified atom stereocenters. The minimum Gasteiger partial charge on any atom is -0.356 e. The Morgan fingerprint density at radius 3 is 2.21 bits per heavy atom. The van der Waals surface area contributed by atoms with Gasteiger partial charge in [-0.25, -0.2) is 0 Å². The highest BCUT2D eigenvalue weighted by Gasteiger charge is 2.02. The van der Waals surface area contributed by atoms with Crippen LogP contribution in [0.15, 0.2) is 4.99 Å². The van der Waals surface area contributed by atoms with Crippen molar-refractivity contribution >= 4 is 29.9 Å². The Morgan fingerprint density at radius 2 is 1.74 bits per heavy atom. The van der Waals surface area contributed by atoms with Gasteiger partial charge in [0.15, 0.2) is 5.96 Å². The van der Waals surface area contributed by atoms with Crippen molar-refractivity contribution in [2.45, 2.75) is 40.5 Å². The van der Waals surface area contributed by atoms with E-state index in [1.165, 1.54) is 19.4 Å². The van der Waals surface area contributed by atoms with E-state index in [1.54, 1.807) is 0 Å². The van der Waals surface area contributed by atoms with E-state index in [9.17, 15) is 0 Å². The lowest BCUT2D eigenvalue weighted by molar-refractivity contribution is 0.293. The van der Waals surface area contributed by atoms with Crippen LogP contribution in [0.3, 0.4) is 0 Å². The topological polar surface area (TPSA) is 39.7 Å². The summed E-state index contributed by atoms with van der Waals surface area (Å²) in [4.78, 5) is 6.68. The van der Waals surface area contributed by atoms with E-state index in [1.807, 2.05) is 7.05 Å². The molecule has 0 saturated heterocycles. The SMILES string of the molecule is CCCN(CC)CCNC(=NC)NCCC(C)C.I. The third kappa shape index (κ3) is 12.7. The molecule has 0 aliphatic carbocycles. The summed E-state index contributed by atoms with van der Waals surface area (Å²) in [5.41, 5.74) is 0. The van der Waals surface area contributed by atoms with E-state index in [0.29, 0.717) is 0 Å². The zero-order chi connectivity index (χ0) is 13.8. The predicted octanol–water partition coefficient (Wildman–Crippen LogP) is 2.55. The number of likely N-dealkylation sites (N-methyl/N-ethyl adjacent to an activating group) is 1. The van der Waals surface area contributed by atoms with Gasteiger partial charge in [-0.05, 0) is 31.8 Å². The lowest BCUT2D eigenvalue weighted by Gasteiger charge is -2.20. The smallest absolute Gasteiger partial charge is 0.191 e. The molecule has 0 aliphatic heterocycles. The first-order valence-corrected chi connectivity index (χ1v) is 7.30. The van der Waals surface area contributed by atoms with E-state index in [2.05, 4.69) is 48.2 Å². The van der Waals surface area contributed by atoms with Gasteiger partial charge >= 0.3 is 0 Å². The molecule has 0 rings (SSSR count). The van der Waals surface area contributed by atoms with Crippen LogP contribution in [-0.2, 0) is 0 Å². The number of aliphatic imine (C=N–C) groups is 1. The van der Waals surface area contributed by atoms with Crippen LogP contribution in [0.2, 0.25) is 0 Å². The maximum Gasteiger partial charge on any atom is 0.191 e. The maximum absolute atomic E-state index is 4.23. The van der Waals surface area contributed by atoms with Crippen molar-refractivity contribution in [2.24, 2.45) is 10.9 Å². The van der Waals surface area contributed by atoms with Gasteiger partial charge in [-0.1, -0.05) is 27.7 Å². The Labute approximate surface area is 136 Å². The number of halogens is 1. The molecule has 0 aromatic carbocycles. The normalized spacial score (nSPS) is 11.6. The Kier molecular flexibility index (Phi) is 16.1. The highest BCUT2D eigenvalue weighted by Crippen LogP contribution is 1.96. The van der Waals surface area contributed by atoms with E-state index >= 15 is 0 Å². The lowest BCUT2D eigenvalue weighted by atomic mass is 10.1. The van der Waals surface area contributed by atoms with Gasteiger partial charge in [0.2, 0.25) is 0 Å². The lowest BCUT2D eigenvalue weighted by Crippen LogP contribution is -2.42. The van der Waals surface area contributed by atoms with Crippen molar-refractivity contribution in [3.8, 4) is 0 Å². The summed E-state index contributed by atoms with van der Waals surface area (Å²) in [5.74, 6) is 1.65. The third-order valence-corrected chi connectivity index (χ3v) is 2.95. The van der Waals surface area contributed by atoms with Crippen molar-refractivity contribution in [3.05, 3.63) is 0 Å². The summed E-state index contributed by atoms with van der Waals surface area (Å²) in [7, 11) is 1.83. The van der Waals surface area contributed by atoms with Crippen LogP contribution in [0.4, 0.5) is 0 Å². The molecule has 19 heavy (non-hydrogen) atoms. The van der Waals surface area contributed by atoms with Crippen LogP contribution in [-0.4, -0.2) is 50.6 Å². The van der Waals surface area contributed by atoms with Gasteiger partial charge in [0, 0.05) is 26.7 Å². The maximum atomic E-state index is 4.23. The largest absolute Gasteiger partial charge is 0.356 e. The van der Waals surface area contributed by atoms with Crippen molar-refractivity contribution in [2.75, 3.05) is 39.8 Å². The molecule has 0 saturated carbocycles. The molecule has 0 aromatic rings. The third-order valence-electron chi connectivity index (χ3n) is 2.95. The van der Waals surface area contributed by atoms with Gasteiger partial charge in [0.1, 0.15) is 0 Å². The molecule has 0 aromatic heterocycles. The van der Waals surface area contributed by atoms with Crippen LogP contribution in [0.25, 0.3) is 0 Å². The Balaban J connectivity index is 0. The Hall–Kier alpha value is -0.0400. The molecule has 0 radical (unpaired) electrons. The fraction of sp³-hybridized carbons (Fsp3) is 0.929. The first kappa shape index (κ1) is 21.3. The summed E-state index contributed by atoms with van der Waals surface area (Å²) in [6.45, 7) is 14.2. The fourth-order valence-corrected chi connectivity index (χ4v) is 1.78. The van der Waals surface area contributed by atoms with Crippen molar-refractivity contribution in [3.63, 3.8) is 0 Å². The zero-order valence-electron chi connectivity index (χ0n) is 13.3. The number of hydrogen-bond acceptors (Lipinski definition) is 2. The average molecular weight is 384 g/mol. The molecule has 116 valence electrons. The number of rotatable bonds is 9. The highest BCUT2D eigenvalue weighted by atomic mass is 127. The summed E-state index contributed by atoms with van der Waals surface area (Å²) in [5, 5.41) is 6.71. The first-order chi connectivity index (χ1) is 8.63. The van der Waals surface area contributed by atoms with Crippen LogP contribution >= 0.6 is 24.0 Å². The zero-order valence-corrected chi connectivity index (χ0v) is 15.7. The Morgan fingerprint density at radius 1 is 1.11 bits per heavy atom. The molecule has 0 amide bonds. The molecular weight excluding hydrogens is 351 g/mol. The van der Waals surface area contributed by atoms with Crippen LogP contribution in [0.1, 0.15) is 40.5 Å². The van der Waals surface area contributed by atoms with Gasteiger partial charge < -0.3 is 15.5 Å². The van der Waals surface area contributed by atoms with Gasteiger partial charge in [-0.3, -0.25) is 4.99 Å². The second-order valence-electron chi connectivity index (χ2n) is 5.04. The van der Waals surface area contributed by atoms with Crippen LogP contribution in [0, 0.1) is 5.92 Å². The van der Waals surface area contributed by atoms with E-state index in [0.717, 1.165) is 38.1 Å². The minimum atomic E-state index is 0. The standard InChI is InChI=1S/C14H32N4.HI/c1-6-11-18(7-2)12-10-17-14(15-5)16-9-8-13(3)4;/h13H,6-12H2,1-5H3,(H2,15,16,17);1H. The van der Waals surface area contributed by atoms with Gasteiger partial charge in [0.05, 0.1) is 0 Å². The molecule has 0 bridgehead atoms. The van der Waals surface area contributed by atoms with Gasteiger partial charge in [-0.15, -0.1) is 24.0 Å². The minimum absolute atomic E-state index is 0. The molecule has 0 spiro atoms. The number of nitrogens with one attached hydrogen (secondary N) is 2. The second-order valence-corrected chi connectivity index (χ2v) is 5.04. The highest BCUT2D eigenvalue weighted by molar-refractivity contribution is 14.0. The molecule has 0 atom stereocenters. The first-order valence-electron chi connectivity index (χ1n) is 7.30. The number of hydrogen-bond donors (Lipinski definition) is 2. The summed E-state index contributed by atoms with van der Waals surface area (Å²) in [6.07, 6.45) is 2.40. The monoisotopic (exact) mass is 384 g/mol. The van der Waals surface area contributed by atoms with Crippen molar-refractivity contribution in [1.82, 2.24) is 15.5 Å². The van der Waals surface area contributed by atoms with Crippen molar-refractivity contribution < 1.29 is 0 Å². The average Bonchev–Trinajstić information content (AvgIpc) is 2.35. The van der Waals surface area contributed by atoms with Crippen LogP contribution < -0.4 is 10.6 Å². The summed E-state index contributed by atoms with van der Waals surface area (Å²) >= 11 is 0. The van der Waals surface area contributed by atoms with E-state index in [4.69, 9.17) is 0 Å². The molecule has 0 fully saturated rings. The predicted molar refractivity (Wildman–Crippen MR) is 96.6 cm³/mol. The van der Waals surface area contributed by atoms with Gasteiger partial charge in [0.25, 0.3) is 0 Å². The Bertz CT molecular complexity index is 219. The molecule has 0 aliphatic rings. The summed E-state index contributed by atoms with van der Waals surface area (Å²) < 4.78 is 0. The van der Waals surface area contributed by atoms with Crippen molar-refractivity contribution in [1.29, 1.82) is 0 Å². The van der Waals surface area contributed by atoms with E-state index < -0.39 is 0 Å². The molecule has 2 N–H and O–H groups in total. The molecule has 5 heteroatoms. The van der Waals surface area contributed by atoms with Crippen LogP contribution in [0.5, 0.6) is 0 Å². The second kappa shape index (κ2) is 14.4. The summed E-state index contributed by atoms with van der Waals surface area (Å²) in [6, 6.07) is 0. The quantitative estimate of drug-likeness (QED) is 0.365. The number of guanidine groups is 1. The molecule has 4 nitrogen and oxygen atoms in total. The molecular formula is C14H33IN4.